The predicted molar refractivity (Wildman–Crippen MR) is 97.9 cm³/mol. The van der Waals surface area contributed by atoms with E-state index < -0.39 is 23.5 Å². The number of ether oxygens (including phenoxy) is 1. The van der Waals surface area contributed by atoms with Crippen LogP contribution in [0.5, 0.6) is 0 Å². The molecule has 0 radical (unpaired) electrons. The fraction of sp³-hybridized carbons (Fsp3) is 0.105. The molecule has 0 saturated carbocycles. The molecule has 0 saturated heterocycles. The third-order valence-electron chi connectivity index (χ3n) is 4.04. The SMILES string of the molecule is COC(=O)Cn1c(=NC(=O)c2cc3ccccc3o2)sc2cc(F)cc(F)c21. The molecule has 0 bridgehead atoms. The number of furan rings is 1. The molecule has 6 nitrogen and oxygen atoms in total. The summed E-state index contributed by atoms with van der Waals surface area (Å²) >= 11 is 0.881. The number of carbonyl (C=O) groups is 2. The molecule has 0 unspecified atom stereocenters. The lowest BCUT2D eigenvalue weighted by atomic mass is 10.2. The van der Waals surface area contributed by atoms with Crippen LogP contribution in [0.2, 0.25) is 0 Å². The minimum atomic E-state index is -0.868. The number of hydrogen-bond donors (Lipinski definition) is 0. The molecule has 28 heavy (non-hydrogen) atoms. The number of aromatic nitrogens is 1. The van der Waals surface area contributed by atoms with Crippen molar-refractivity contribution in [3.05, 3.63) is 64.7 Å². The van der Waals surface area contributed by atoms with Gasteiger partial charge in [0.05, 0.1) is 17.3 Å². The van der Waals surface area contributed by atoms with E-state index in [0.717, 1.165) is 22.8 Å². The lowest BCUT2D eigenvalue weighted by Crippen LogP contribution is -2.22. The molecular formula is C19H12F2N2O4S. The molecule has 2 heterocycles. The maximum absolute atomic E-state index is 14.3. The van der Waals surface area contributed by atoms with E-state index in [9.17, 15) is 18.4 Å². The standard InChI is InChI=1S/C19H12F2N2O4S/c1-26-16(24)9-23-17-12(21)7-11(20)8-15(17)28-19(23)22-18(25)14-6-10-4-2-3-5-13(10)27-14/h2-8H,9H2,1H3. The van der Waals surface area contributed by atoms with Crippen LogP contribution in [0, 0.1) is 11.6 Å². The monoisotopic (exact) mass is 402 g/mol. The molecule has 2 aromatic carbocycles. The number of hydrogen-bond acceptors (Lipinski definition) is 5. The molecule has 0 aliphatic rings. The minimum absolute atomic E-state index is 0.00470. The van der Waals surface area contributed by atoms with Crippen molar-refractivity contribution in [3.63, 3.8) is 0 Å². The summed E-state index contributed by atoms with van der Waals surface area (Å²) in [4.78, 5) is 28.3. The normalized spacial score (nSPS) is 12.0. The summed E-state index contributed by atoms with van der Waals surface area (Å²) in [6, 6.07) is 10.4. The lowest BCUT2D eigenvalue weighted by molar-refractivity contribution is -0.141. The molecule has 0 N–H and O–H groups in total. The first-order valence-corrected chi connectivity index (χ1v) is 8.91. The van der Waals surface area contributed by atoms with Gasteiger partial charge >= 0.3 is 11.9 Å². The molecule has 1 amide bonds. The van der Waals surface area contributed by atoms with Crippen molar-refractivity contribution in [1.29, 1.82) is 0 Å². The van der Waals surface area contributed by atoms with Crippen LogP contribution in [0.1, 0.15) is 10.6 Å². The number of benzene rings is 2. The summed E-state index contributed by atoms with van der Waals surface area (Å²) in [7, 11) is 1.18. The summed E-state index contributed by atoms with van der Waals surface area (Å²) in [5, 5.41) is 0.730. The molecule has 0 fully saturated rings. The lowest BCUT2D eigenvalue weighted by Gasteiger charge is -2.04. The molecule has 4 rings (SSSR count). The highest BCUT2D eigenvalue weighted by molar-refractivity contribution is 7.16. The summed E-state index contributed by atoms with van der Waals surface area (Å²) < 4.78 is 39.4. The van der Waals surface area contributed by atoms with Crippen molar-refractivity contribution >= 4 is 44.4 Å². The van der Waals surface area contributed by atoms with Gasteiger partial charge in [-0.05, 0) is 18.2 Å². The van der Waals surface area contributed by atoms with Crippen molar-refractivity contribution in [1.82, 2.24) is 4.57 Å². The molecule has 0 atom stereocenters. The average Bonchev–Trinajstić information content (AvgIpc) is 3.23. The molecular weight excluding hydrogens is 390 g/mol. The number of carbonyl (C=O) groups excluding carboxylic acids is 2. The second-order valence-corrected chi connectivity index (χ2v) is 6.86. The molecule has 2 aromatic heterocycles. The van der Waals surface area contributed by atoms with Crippen LogP contribution in [0.25, 0.3) is 21.2 Å². The minimum Gasteiger partial charge on any atom is -0.468 e. The summed E-state index contributed by atoms with van der Waals surface area (Å²) in [5.74, 6) is -3.02. The number of esters is 1. The summed E-state index contributed by atoms with van der Waals surface area (Å²) in [6.07, 6.45) is 0. The number of para-hydroxylation sites is 1. The Kier molecular flexibility index (Phi) is 4.52. The van der Waals surface area contributed by atoms with E-state index in [1.165, 1.54) is 11.7 Å². The van der Waals surface area contributed by atoms with E-state index in [-0.39, 0.29) is 27.3 Å². The van der Waals surface area contributed by atoms with Gasteiger partial charge in [-0.1, -0.05) is 29.5 Å². The summed E-state index contributed by atoms with van der Waals surface area (Å²) in [6.45, 7) is -0.384. The zero-order valence-electron chi connectivity index (χ0n) is 14.4. The molecule has 0 aliphatic carbocycles. The van der Waals surface area contributed by atoms with Crippen molar-refractivity contribution in [2.75, 3.05) is 7.11 Å². The quantitative estimate of drug-likeness (QED) is 0.491. The fourth-order valence-electron chi connectivity index (χ4n) is 2.78. The van der Waals surface area contributed by atoms with Crippen molar-refractivity contribution in [2.45, 2.75) is 6.54 Å². The van der Waals surface area contributed by atoms with Crippen LogP contribution in [0.3, 0.4) is 0 Å². The zero-order chi connectivity index (χ0) is 19.8. The van der Waals surface area contributed by atoms with E-state index in [1.54, 1.807) is 30.3 Å². The van der Waals surface area contributed by atoms with Gasteiger partial charge in [-0.2, -0.15) is 4.99 Å². The van der Waals surface area contributed by atoms with Crippen LogP contribution >= 0.6 is 11.3 Å². The molecule has 4 aromatic rings. The highest BCUT2D eigenvalue weighted by Gasteiger charge is 2.18. The Morgan fingerprint density at radius 3 is 2.75 bits per heavy atom. The largest absolute Gasteiger partial charge is 0.468 e. The first kappa shape index (κ1) is 18.1. The highest BCUT2D eigenvalue weighted by Crippen LogP contribution is 2.23. The van der Waals surface area contributed by atoms with Crippen molar-refractivity contribution in [2.24, 2.45) is 4.99 Å². The molecule has 0 aliphatic heterocycles. The third-order valence-corrected chi connectivity index (χ3v) is 5.07. The second kappa shape index (κ2) is 7.01. The van der Waals surface area contributed by atoms with Gasteiger partial charge in [0.15, 0.2) is 16.4 Å². The second-order valence-electron chi connectivity index (χ2n) is 5.85. The number of halogens is 2. The van der Waals surface area contributed by atoms with Crippen LogP contribution < -0.4 is 4.80 Å². The predicted octanol–water partition coefficient (Wildman–Crippen LogP) is 3.64. The number of rotatable bonds is 3. The van der Waals surface area contributed by atoms with Gasteiger partial charge in [-0.15, -0.1) is 0 Å². The Bertz CT molecular complexity index is 1270. The number of methoxy groups -OCH3 is 1. The Balaban J connectivity index is 1.88. The van der Waals surface area contributed by atoms with Gasteiger partial charge in [0, 0.05) is 11.5 Å². The molecule has 142 valence electrons. The third kappa shape index (κ3) is 3.20. The van der Waals surface area contributed by atoms with E-state index in [4.69, 9.17) is 4.42 Å². The number of fused-ring (bicyclic) bond motifs is 2. The fourth-order valence-corrected chi connectivity index (χ4v) is 3.85. The Labute approximate surface area is 160 Å². The van der Waals surface area contributed by atoms with Gasteiger partial charge in [-0.3, -0.25) is 9.59 Å². The number of thiazole rings is 1. The molecule has 9 heteroatoms. The van der Waals surface area contributed by atoms with Gasteiger partial charge in [0.1, 0.15) is 17.9 Å². The Hall–Kier alpha value is -3.33. The van der Waals surface area contributed by atoms with Gasteiger partial charge in [0.2, 0.25) is 0 Å². The van der Waals surface area contributed by atoms with Crippen molar-refractivity contribution in [3.8, 4) is 0 Å². The maximum atomic E-state index is 14.3. The van der Waals surface area contributed by atoms with Gasteiger partial charge < -0.3 is 13.7 Å². The average molecular weight is 402 g/mol. The first-order chi connectivity index (χ1) is 13.5. The Morgan fingerprint density at radius 2 is 2.00 bits per heavy atom. The smallest absolute Gasteiger partial charge is 0.325 e. The van der Waals surface area contributed by atoms with Crippen molar-refractivity contribution < 1.29 is 27.5 Å². The van der Waals surface area contributed by atoms with E-state index in [0.29, 0.717) is 11.6 Å². The molecule has 0 spiro atoms. The highest BCUT2D eigenvalue weighted by atomic mass is 32.1. The first-order valence-electron chi connectivity index (χ1n) is 8.09. The Morgan fingerprint density at radius 1 is 1.21 bits per heavy atom. The van der Waals surface area contributed by atoms with E-state index in [1.807, 2.05) is 0 Å². The number of nitrogens with zero attached hydrogens (tertiary/aromatic N) is 2. The van der Waals surface area contributed by atoms with Crippen LogP contribution in [-0.2, 0) is 16.1 Å². The van der Waals surface area contributed by atoms with Crippen LogP contribution in [0.4, 0.5) is 8.78 Å². The number of amides is 1. The zero-order valence-corrected chi connectivity index (χ0v) is 15.3. The maximum Gasteiger partial charge on any atom is 0.325 e. The van der Waals surface area contributed by atoms with Gasteiger partial charge in [-0.25, -0.2) is 8.78 Å². The van der Waals surface area contributed by atoms with E-state index >= 15 is 0 Å². The topological polar surface area (TPSA) is 73.8 Å². The van der Waals surface area contributed by atoms with Crippen LogP contribution in [-0.4, -0.2) is 23.6 Å². The summed E-state index contributed by atoms with van der Waals surface area (Å²) in [5.41, 5.74) is 0.487. The van der Waals surface area contributed by atoms with Gasteiger partial charge in [0.25, 0.3) is 0 Å². The van der Waals surface area contributed by atoms with Crippen LogP contribution in [0.15, 0.2) is 51.9 Å². The van der Waals surface area contributed by atoms with E-state index in [2.05, 4.69) is 9.73 Å².